The van der Waals surface area contributed by atoms with E-state index in [1.54, 1.807) is 36.3 Å². The summed E-state index contributed by atoms with van der Waals surface area (Å²) in [6.45, 7) is 1.04. The first-order chi connectivity index (χ1) is 16.9. The maximum absolute atomic E-state index is 13.7. The molecule has 3 aromatic carbocycles. The second kappa shape index (κ2) is 10.9. The molecular weight excluding hydrogens is 464 g/mol. The maximum Gasteiger partial charge on any atom is 0.243 e. The average Bonchev–Trinajstić information content (AvgIpc) is 2.92. The van der Waals surface area contributed by atoms with Crippen LogP contribution in [0.25, 0.3) is 0 Å². The van der Waals surface area contributed by atoms with Crippen LogP contribution in [0.1, 0.15) is 18.4 Å². The largest absolute Gasteiger partial charge is 0.497 e. The third-order valence-electron chi connectivity index (χ3n) is 6.33. The first-order valence-corrected chi connectivity index (χ1v) is 13.0. The van der Waals surface area contributed by atoms with E-state index in [9.17, 15) is 13.2 Å². The molecule has 1 heterocycles. The Bertz CT molecular complexity index is 1220. The lowest BCUT2D eigenvalue weighted by Crippen LogP contribution is -2.44. The van der Waals surface area contributed by atoms with Crippen LogP contribution < -0.4 is 14.4 Å². The zero-order chi connectivity index (χ0) is 24.8. The number of piperidine rings is 1. The number of sulfonamides is 1. The molecule has 8 heteroatoms. The highest BCUT2D eigenvalue weighted by atomic mass is 32.2. The summed E-state index contributed by atoms with van der Waals surface area (Å²) in [5, 5.41) is 0. The molecule has 0 saturated carbocycles. The van der Waals surface area contributed by atoms with Crippen molar-refractivity contribution in [1.29, 1.82) is 0 Å². The van der Waals surface area contributed by atoms with Crippen molar-refractivity contribution in [2.45, 2.75) is 24.3 Å². The van der Waals surface area contributed by atoms with Gasteiger partial charge in [0.25, 0.3) is 0 Å². The molecule has 1 fully saturated rings. The molecular formula is C27H30N2O5S. The van der Waals surface area contributed by atoms with Crippen LogP contribution in [-0.2, 0) is 21.4 Å². The van der Waals surface area contributed by atoms with E-state index < -0.39 is 10.0 Å². The molecule has 1 amide bonds. The van der Waals surface area contributed by atoms with Crippen LogP contribution in [0.3, 0.4) is 0 Å². The van der Waals surface area contributed by atoms with Gasteiger partial charge in [-0.15, -0.1) is 0 Å². The van der Waals surface area contributed by atoms with Gasteiger partial charge in [-0.05, 0) is 66.9 Å². The van der Waals surface area contributed by atoms with E-state index in [0.717, 1.165) is 17.0 Å². The Hall–Kier alpha value is -3.36. The fourth-order valence-corrected chi connectivity index (χ4v) is 5.75. The van der Waals surface area contributed by atoms with Gasteiger partial charge in [-0.2, -0.15) is 4.31 Å². The van der Waals surface area contributed by atoms with Crippen molar-refractivity contribution in [3.63, 3.8) is 0 Å². The van der Waals surface area contributed by atoms with E-state index in [-0.39, 0.29) is 16.7 Å². The van der Waals surface area contributed by atoms with Crippen molar-refractivity contribution < 1.29 is 22.7 Å². The molecule has 0 N–H and O–H groups in total. The highest BCUT2D eigenvalue weighted by Crippen LogP contribution is 2.29. The number of rotatable bonds is 8. The van der Waals surface area contributed by atoms with Gasteiger partial charge in [-0.3, -0.25) is 4.79 Å². The van der Waals surface area contributed by atoms with Gasteiger partial charge >= 0.3 is 0 Å². The molecule has 1 aliphatic heterocycles. The van der Waals surface area contributed by atoms with Gasteiger partial charge in [-0.25, -0.2) is 8.42 Å². The maximum atomic E-state index is 13.7. The van der Waals surface area contributed by atoms with Crippen LogP contribution in [0.4, 0.5) is 5.69 Å². The fraction of sp³-hybridized carbons (Fsp3) is 0.296. The molecule has 0 aliphatic carbocycles. The molecule has 1 saturated heterocycles. The Morgan fingerprint density at radius 2 is 1.40 bits per heavy atom. The van der Waals surface area contributed by atoms with Gasteiger partial charge in [0.2, 0.25) is 15.9 Å². The van der Waals surface area contributed by atoms with Crippen LogP contribution in [0, 0.1) is 5.92 Å². The summed E-state index contributed by atoms with van der Waals surface area (Å²) in [5.74, 6) is 1.06. The quantitative estimate of drug-likeness (QED) is 0.466. The summed E-state index contributed by atoms with van der Waals surface area (Å²) >= 11 is 0. The number of methoxy groups -OCH3 is 2. The summed E-state index contributed by atoms with van der Waals surface area (Å²) in [7, 11) is -0.479. The summed E-state index contributed by atoms with van der Waals surface area (Å²) in [6.07, 6.45) is 0.936. The van der Waals surface area contributed by atoms with Crippen molar-refractivity contribution in [3.8, 4) is 11.5 Å². The molecule has 0 aromatic heterocycles. The molecule has 0 unspecified atom stereocenters. The molecule has 35 heavy (non-hydrogen) atoms. The SMILES string of the molecule is COc1ccc(N(Cc2ccccc2)C(=O)C2CCN(S(=O)(=O)c3ccc(OC)cc3)CC2)cc1. The Labute approximate surface area is 206 Å². The van der Waals surface area contributed by atoms with Gasteiger partial charge in [-0.1, -0.05) is 30.3 Å². The minimum absolute atomic E-state index is 0.000477. The lowest BCUT2D eigenvalue weighted by atomic mass is 9.96. The van der Waals surface area contributed by atoms with Crippen LogP contribution in [0.2, 0.25) is 0 Å². The van der Waals surface area contributed by atoms with Crippen molar-refractivity contribution in [2.75, 3.05) is 32.2 Å². The van der Waals surface area contributed by atoms with Crippen molar-refractivity contribution in [2.24, 2.45) is 5.92 Å². The molecule has 0 bridgehead atoms. The Morgan fingerprint density at radius 1 is 0.857 bits per heavy atom. The number of ether oxygens (including phenoxy) is 2. The minimum Gasteiger partial charge on any atom is -0.497 e. The fourth-order valence-electron chi connectivity index (χ4n) is 4.28. The summed E-state index contributed by atoms with van der Waals surface area (Å²) in [5.41, 5.74) is 1.81. The summed E-state index contributed by atoms with van der Waals surface area (Å²) < 4.78 is 38.1. The minimum atomic E-state index is -3.63. The lowest BCUT2D eigenvalue weighted by molar-refractivity contribution is -0.123. The molecule has 3 aromatic rings. The first-order valence-electron chi connectivity index (χ1n) is 11.6. The number of carbonyl (C=O) groups excluding carboxylic acids is 1. The van der Waals surface area contributed by atoms with E-state index in [2.05, 4.69) is 0 Å². The van der Waals surface area contributed by atoms with E-state index in [1.165, 1.54) is 11.4 Å². The Kier molecular flexibility index (Phi) is 7.73. The number of hydrogen-bond donors (Lipinski definition) is 0. The predicted octanol–water partition coefficient (Wildman–Crippen LogP) is 4.34. The topological polar surface area (TPSA) is 76.2 Å². The van der Waals surface area contributed by atoms with Crippen LogP contribution in [0.5, 0.6) is 11.5 Å². The summed E-state index contributed by atoms with van der Waals surface area (Å²) in [6, 6.07) is 23.7. The second-order valence-electron chi connectivity index (χ2n) is 8.46. The normalized spacial score (nSPS) is 14.9. The van der Waals surface area contributed by atoms with Crippen molar-refractivity contribution in [3.05, 3.63) is 84.4 Å². The molecule has 7 nitrogen and oxygen atoms in total. The van der Waals surface area contributed by atoms with Gasteiger partial charge in [0.15, 0.2) is 0 Å². The number of benzene rings is 3. The zero-order valence-electron chi connectivity index (χ0n) is 20.0. The second-order valence-corrected chi connectivity index (χ2v) is 10.4. The number of nitrogens with zero attached hydrogens (tertiary/aromatic N) is 2. The van der Waals surface area contributed by atoms with Gasteiger partial charge < -0.3 is 14.4 Å². The van der Waals surface area contributed by atoms with Crippen molar-refractivity contribution >= 4 is 21.6 Å². The number of hydrogen-bond acceptors (Lipinski definition) is 5. The van der Waals surface area contributed by atoms with Crippen LogP contribution >= 0.6 is 0 Å². The van der Waals surface area contributed by atoms with E-state index >= 15 is 0 Å². The van der Waals surface area contributed by atoms with Gasteiger partial charge in [0.05, 0.1) is 25.7 Å². The van der Waals surface area contributed by atoms with Gasteiger partial charge in [0, 0.05) is 24.7 Å². The first kappa shape index (κ1) is 24.8. The van der Waals surface area contributed by atoms with E-state index in [1.807, 2.05) is 54.6 Å². The number of carbonyl (C=O) groups is 1. The third-order valence-corrected chi connectivity index (χ3v) is 8.25. The molecule has 4 rings (SSSR count). The number of anilines is 1. The lowest BCUT2D eigenvalue weighted by Gasteiger charge is -2.34. The monoisotopic (exact) mass is 494 g/mol. The third kappa shape index (κ3) is 5.66. The number of amides is 1. The molecule has 184 valence electrons. The summed E-state index contributed by atoms with van der Waals surface area (Å²) in [4.78, 5) is 15.7. The van der Waals surface area contributed by atoms with Crippen LogP contribution in [0.15, 0.2) is 83.8 Å². The molecule has 1 aliphatic rings. The average molecular weight is 495 g/mol. The van der Waals surface area contributed by atoms with Crippen LogP contribution in [-0.4, -0.2) is 45.9 Å². The van der Waals surface area contributed by atoms with Gasteiger partial charge in [0.1, 0.15) is 11.5 Å². The standard InChI is InChI=1S/C27H30N2O5S/c1-33-24-10-8-23(9-11-24)29(20-21-6-4-3-5-7-21)27(30)22-16-18-28(19-17-22)35(31,32)26-14-12-25(34-2)13-15-26/h3-15,22H,16-20H2,1-2H3. The highest BCUT2D eigenvalue weighted by molar-refractivity contribution is 7.89. The predicted molar refractivity (Wildman–Crippen MR) is 135 cm³/mol. The zero-order valence-corrected chi connectivity index (χ0v) is 20.8. The Balaban J connectivity index is 1.49. The molecule has 0 spiro atoms. The molecule has 0 radical (unpaired) electrons. The molecule has 0 atom stereocenters. The smallest absolute Gasteiger partial charge is 0.243 e. The van der Waals surface area contributed by atoms with Crippen molar-refractivity contribution in [1.82, 2.24) is 4.31 Å². The Morgan fingerprint density at radius 3 is 1.94 bits per heavy atom. The van der Waals surface area contributed by atoms with E-state index in [4.69, 9.17) is 9.47 Å². The van der Waals surface area contributed by atoms with E-state index in [0.29, 0.717) is 38.2 Å². The highest BCUT2D eigenvalue weighted by Gasteiger charge is 2.34.